The fraction of sp³-hybridized carbons (Fsp3) is 0.500. The zero-order valence-corrected chi connectivity index (χ0v) is 26.3. The molecular weight excluding hydrogens is 572 g/mol. The molecule has 1 saturated carbocycles. The van der Waals surface area contributed by atoms with E-state index in [1.54, 1.807) is 18.9 Å². The van der Waals surface area contributed by atoms with Gasteiger partial charge in [-0.15, -0.1) is 11.8 Å². The maximum absolute atomic E-state index is 13.3. The van der Waals surface area contributed by atoms with Gasteiger partial charge in [0.1, 0.15) is 0 Å². The highest BCUT2D eigenvalue weighted by atomic mass is 35.5. The number of hydrogen-bond acceptors (Lipinski definition) is 7. The second-order valence-corrected chi connectivity index (χ2v) is 12.8. The van der Waals surface area contributed by atoms with E-state index in [2.05, 4.69) is 21.2 Å². The molecule has 3 fully saturated rings. The van der Waals surface area contributed by atoms with Crippen LogP contribution < -0.4 is 19.7 Å². The molecule has 0 bridgehead atoms. The quantitative estimate of drug-likeness (QED) is 0.409. The van der Waals surface area contributed by atoms with Gasteiger partial charge in [-0.3, -0.25) is 14.5 Å². The van der Waals surface area contributed by atoms with Gasteiger partial charge in [0.25, 0.3) is 5.91 Å². The van der Waals surface area contributed by atoms with Crippen LogP contribution >= 0.6 is 23.4 Å². The molecule has 0 spiro atoms. The third-order valence-electron chi connectivity index (χ3n) is 8.49. The molecule has 2 amide bonds. The van der Waals surface area contributed by atoms with Gasteiger partial charge in [0, 0.05) is 74.2 Å². The lowest BCUT2D eigenvalue weighted by molar-refractivity contribution is -0.131. The Hall–Kier alpha value is -2.88. The molecule has 2 heterocycles. The van der Waals surface area contributed by atoms with Gasteiger partial charge in [0.15, 0.2) is 11.5 Å². The monoisotopic (exact) mass is 612 g/mol. The van der Waals surface area contributed by atoms with Crippen molar-refractivity contribution in [1.29, 1.82) is 0 Å². The van der Waals surface area contributed by atoms with E-state index in [1.165, 1.54) is 0 Å². The summed E-state index contributed by atoms with van der Waals surface area (Å²) < 4.78 is 11.1. The van der Waals surface area contributed by atoms with Crippen LogP contribution in [0.4, 0.5) is 5.69 Å². The first-order chi connectivity index (χ1) is 20.4. The average Bonchev–Trinajstić information content (AvgIpc) is 3.00. The number of nitrogens with one attached hydrogen (secondary N) is 1. The van der Waals surface area contributed by atoms with E-state index in [4.69, 9.17) is 21.1 Å². The van der Waals surface area contributed by atoms with Crippen LogP contribution in [0.1, 0.15) is 31.7 Å². The van der Waals surface area contributed by atoms with Gasteiger partial charge in [-0.2, -0.15) is 0 Å². The van der Waals surface area contributed by atoms with Crippen molar-refractivity contribution in [3.63, 3.8) is 0 Å². The minimum Gasteiger partial charge on any atom is -0.493 e. The molecule has 5 rings (SSSR count). The number of carbonyl (C=O) groups is 2. The van der Waals surface area contributed by atoms with E-state index in [0.717, 1.165) is 66.7 Å². The van der Waals surface area contributed by atoms with Gasteiger partial charge in [-0.25, -0.2) is 0 Å². The second kappa shape index (κ2) is 14.1. The predicted molar refractivity (Wildman–Crippen MR) is 171 cm³/mol. The lowest BCUT2D eigenvalue weighted by Crippen LogP contribution is -2.53. The number of hydrogen-bond donors (Lipinski definition) is 1. The zero-order valence-electron chi connectivity index (χ0n) is 24.7. The van der Waals surface area contributed by atoms with Crippen molar-refractivity contribution in [3.05, 3.63) is 58.0 Å². The van der Waals surface area contributed by atoms with Crippen molar-refractivity contribution in [3.8, 4) is 11.5 Å². The molecule has 42 heavy (non-hydrogen) atoms. The third-order valence-corrected chi connectivity index (χ3v) is 10.1. The smallest absolute Gasteiger partial charge is 0.260 e. The van der Waals surface area contributed by atoms with Gasteiger partial charge in [0.2, 0.25) is 5.91 Å². The first-order valence-electron chi connectivity index (χ1n) is 14.8. The summed E-state index contributed by atoms with van der Waals surface area (Å²) in [6.45, 7) is 7.78. The largest absolute Gasteiger partial charge is 0.493 e. The Morgan fingerprint density at radius 2 is 1.93 bits per heavy atom. The Morgan fingerprint density at radius 1 is 1.12 bits per heavy atom. The molecule has 3 aliphatic rings. The van der Waals surface area contributed by atoms with Gasteiger partial charge >= 0.3 is 0 Å². The summed E-state index contributed by atoms with van der Waals surface area (Å²) in [6.07, 6.45) is 4.38. The molecule has 3 unspecified atom stereocenters. The normalized spacial score (nSPS) is 24.0. The lowest BCUT2D eigenvalue weighted by atomic mass is 9.83. The van der Waals surface area contributed by atoms with Crippen LogP contribution in [-0.4, -0.2) is 92.9 Å². The number of rotatable bonds is 9. The third kappa shape index (κ3) is 7.18. The zero-order chi connectivity index (χ0) is 29.6. The topological polar surface area (TPSA) is 74.4 Å². The molecule has 1 aliphatic carbocycles. The highest BCUT2D eigenvalue weighted by Crippen LogP contribution is 2.43. The summed E-state index contributed by atoms with van der Waals surface area (Å²) in [4.78, 5) is 33.8. The summed E-state index contributed by atoms with van der Waals surface area (Å²) in [5.74, 6) is 1.39. The number of methoxy groups -OCH3 is 1. The van der Waals surface area contributed by atoms with E-state index < -0.39 is 0 Å². The van der Waals surface area contributed by atoms with Gasteiger partial charge in [-0.05, 0) is 68.2 Å². The number of fused-ring (bicyclic) bond motifs is 1. The second-order valence-electron chi connectivity index (χ2n) is 11.1. The average molecular weight is 613 g/mol. The number of thioether (sulfide) groups is 1. The van der Waals surface area contributed by atoms with Crippen LogP contribution in [0.25, 0.3) is 6.08 Å². The molecule has 3 atom stereocenters. The summed E-state index contributed by atoms with van der Waals surface area (Å²) in [6, 6.07) is 13.8. The van der Waals surface area contributed by atoms with E-state index >= 15 is 0 Å². The van der Waals surface area contributed by atoms with Crippen molar-refractivity contribution in [2.75, 3.05) is 64.9 Å². The number of likely N-dealkylation sites (N-methyl/N-ethyl adjacent to an activating group) is 1. The number of amides is 2. The fourth-order valence-corrected chi connectivity index (χ4v) is 7.78. The predicted octanol–water partition coefficient (Wildman–Crippen LogP) is 4.77. The molecule has 2 aliphatic heterocycles. The van der Waals surface area contributed by atoms with Gasteiger partial charge in [-0.1, -0.05) is 23.7 Å². The molecule has 8 nitrogen and oxygen atoms in total. The van der Waals surface area contributed by atoms with E-state index in [0.29, 0.717) is 31.1 Å². The number of anilines is 1. The Balaban J connectivity index is 1.09. The van der Waals surface area contributed by atoms with Crippen molar-refractivity contribution >= 4 is 46.9 Å². The van der Waals surface area contributed by atoms with Crippen LogP contribution in [0.15, 0.2) is 47.4 Å². The molecule has 2 aromatic carbocycles. The van der Waals surface area contributed by atoms with Crippen LogP contribution in [0, 0.1) is 5.92 Å². The van der Waals surface area contributed by atoms with E-state index in [9.17, 15) is 9.59 Å². The Bertz CT molecular complexity index is 1300. The molecule has 2 saturated heterocycles. The number of benzene rings is 2. The van der Waals surface area contributed by atoms with Crippen molar-refractivity contribution in [1.82, 2.24) is 15.1 Å². The number of carbonyl (C=O) groups excluding carboxylic acids is 2. The van der Waals surface area contributed by atoms with E-state index in [1.807, 2.05) is 61.3 Å². The molecule has 10 heteroatoms. The standard InChI is InChI=1S/C32H41ClN4O4S/c1-4-41-27-10-8-22(18-28(27)40-3)19-30-32(39)35(2)26-20-23(9-11-29(26)42-30)31(38)34-12-13-36-14-16-37(17-15-36)25-7-5-6-24(33)21-25/h5-8,10,18-19,21,23,26,29H,4,9,11-17,20H2,1-3H3,(H,34,38)/b30-19+. The minimum absolute atomic E-state index is 0.00655. The van der Waals surface area contributed by atoms with Gasteiger partial charge < -0.3 is 24.6 Å². The number of halogens is 1. The summed E-state index contributed by atoms with van der Waals surface area (Å²) in [7, 11) is 3.49. The van der Waals surface area contributed by atoms with Crippen molar-refractivity contribution in [2.45, 2.75) is 37.5 Å². The highest BCUT2D eigenvalue weighted by Gasteiger charge is 2.42. The van der Waals surface area contributed by atoms with Crippen molar-refractivity contribution in [2.24, 2.45) is 5.92 Å². The molecule has 0 aromatic heterocycles. The van der Waals surface area contributed by atoms with Crippen LogP contribution in [-0.2, 0) is 9.59 Å². The van der Waals surface area contributed by atoms with E-state index in [-0.39, 0.29) is 29.0 Å². The molecule has 1 N–H and O–H groups in total. The Labute approximate surface area is 258 Å². The number of piperazine rings is 1. The van der Waals surface area contributed by atoms with Crippen LogP contribution in [0.5, 0.6) is 11.5 Å². The SMILES string of the molecule is CCOc1ccc(/C=C2/SC3CCC(C(=O)NCCN4CCN(c5cccc(Cl)c5)CC4)CC3N(C)C2=O)cc1OC. The first-order valence-corrected chi connectivity index (χ1v) is 16.1. The molecule has 0 radical (unpaired) electrons. The Kier molecular flexibility index (Phi) is 10.2. The maximum atomic E-state index is 13.3. The minimum atomic E-state index is -0.0670. The Morgan fingerprint density at radius 3 is 2.67 bits per heavy atom. The van der Waals surface area contributed by atoms with Gasteiger partial charge in [0.05, 0.1) is 18.6 Å². The number of ether oxygens (including phenoxy) is 2. The first kappa shape index (κ1) is 30.6. The molecular formula is C32H41ClN4O4S. The lowest BCUT2D eigenvalue weighted by Gasteiger charge is -2.44. The highest BCUT2D eigenvalue weighted by molar-refractivity contribution is 8.04. The van der Waals surface area contributed by atoms with Crippen molar-refractivity contribution < 1.29 is 19.1 Å². The molecule has 2 aromatic rings. The van der Waals surface area contributed by atoms with Crippen LogP contribution in [0.2, 0.25) is 5.02 Å². The number of nitrogens with zero attached hydrogens (tertiary/aromatic N) is 3. The molecule has 226 valence electrons. The summed E-state index contributed by atoms with van der Waals surface area (Å²) >= 11 is 7.81. The maximum Gasteiger partial charge on any atom is 0.260 e. The fourth-order valence-electron chi connectivity index (χ4n) is 6.12. The summed E-state index contributed by atoms with van der Waals surface area (Å²) in [5.41, 5.74) is 2.06. The van der Waals surface area contributed by atoms with Crippen LogP contribution in [0.3, 0.4) is 0 Å². The summed E-state index contributed by atoms with van der Waals surface area (Å²) in [5, 5.41) is 4.22.